The van der Waals surface area contributed by atoms with Crippen LogP contribution < -0.4 is 5.56 Å². The lowest BCUT2D eigenvalue weighted by atomic mass is 9.89. The van der Waals surface area contributed by atoms with E-state index in [0.717, 1.165) is 41.7 Å². The van der Waals surface area contributed by atoms with Crippen molar-refractivity contribution in [1.29, 1.82) is 0 Å². The first-order valence-corrected chi connectivity index (χ1v) is 10.7. The molecule has 2 heterocycles. The maximum atomic E-state index is 13.3. The lowest BCUT2D eigenvalue weighted by Gasteiger charge is -2.26. The summed E-state index contributed by atoms with van der Waals surface area (Å²) in [5, 5.41) is 0.459. The van der Waals surface area contributed by atoms with Crippen LogP contribution in [0.5, 0.6) is 0 Å². The number of fused-ring (bicyclic) bond motifs is 1. The molecule has 3 aromatic rings. The van der Waals surface area contributed by atoms with Crippen molar-refractivity contribution in [2.75, 3.05) is 0 Å². The number of ether oxygens (including phenoxy) is 1. The number of aromatic nitrogens is 2. The van der Waals surface area contributed by atoms with Gasteiger partial charge in [-0.2, -0.15) is 0 Å². The highest BCUT2D eigenvalue weighted by atomic mass is 32.1. The van der Waals surface area contributed by atoms with E-state index in [2.05, 4.69) is 11.9 Å². The molecule has 0 atom stereocenters. The normalized spacial score (nSPS) is 19.4. The number of hydrogen-bond donors (Lipinski definition) is 0. The highest BCUT2D eigenvalue weighted by Crippen LogP contribution is 2.35. The molecule has 4 rings (SSSR count). The summed E-state index contributed by atoms with van der Waals surface area (Å²) in [7, 11) is 0. The van der Waals surface area contributed by atoms with Crippen LogP contribution in [0.3, 0.4) is 0 Å². The van der Waals surface area contributed by atoms with Gasteiger partial charge in [-0.1, -0.05) is 19.1 Å². The van der Waals surface area contributed by atoms with Crippen LogP contribution in [0.4, 0.5) is 4.39 Å². The zero-order valence-corrected chi connectivity index (χ0v) is 17.3. The molecule has 0 unspecified atom stereocenters. The molecule has 0 spiro atoms. The number of carbonyl (C=O) groups is 1. The third-order valence-electron chi connectivity index (χ3n) is 5.55. The van der Waals surface area contributed by atoms with Gasteiger partial charge in [0.25, 0.3) is 5.56 Å². The predicted molar refractivity (Wildman–Crippen MR) is 112 cm³/mol. The topological polar surface area (TPSA) is 61.2 Å². The van der Waals surface area contributed by atoms with Gasteiger partial charge in [-0.25, -0.2) is 9.37 Å². The molecule has 0 bridgehead atoms. The number of halogens is 1. The van der Waals surface area contributed by atoms with E-state index in [1.807, 2.05) is 6.92 Å². The second-order valence-electron chi connectivity index (χ2n) is 7.77. The third kappa shape index (κ3) is 4.10. The predicted octanol–water partition coefficient (Wildman–Crippen LogP) is 4.69. The van der Waals surface area contributed by atoms with Gasteiger partial charge in [0, 0.05) is 10.4 Å². The average Bonchev–Trinajstić information content (AvgIpc) is 3.03. The van der Waals surface area contributed by atoms with E-state index in [-0.39, 0.29) is 24.0 Å². The van der Waals surface area contributed by atoms with Crippen molar-refractivity contribution in [3.05, 3.63) is 51.6 Å². The summed E-state index contributed by atoms with van der Waals surface area (Å²) in [6, 6.07) is 6.04. The van der Waals surface area contributed by atoms with Crippen molar-refractivity contribution in [1.82, 2.24) is 9.55 Å². The van der Waals surface area contributed by atoms with Gasteiger partial charge in [0.15, 0.2) is 0 Å². The highest BCUT2D eigenvalue weighted by Gasteiger charge is 2.23. The number of aryl methyl sites for hydroxylation is 1. The number of rotatable bonds is 4. The molecular formula is C22H23FN2O3S. The molecule has 2 aromatic heterocycles. The largest absolute Gasteiger partial charge is 0.461 e. The highest BCUT2D eigenvalue weighted by molar-refractivity contribution is 7.19. The fourth-order valence-corrected chi connectivity index (χ4v) is 4.93. The Balaban J connectivity index is 1.62. The summed E-state index contributed by atoms with van der Waals surface area (Å²) in [6.45, 7) is 3.96. The Morgan fingerprint density at radius 1 is 1.24 bits per heavy atom. The molecule has 1 aliphatic rings. The van der Waals surface area contributed by atoms with Gasteiger partial charge in [0.1, 0.15) is 23.3 Å². The minimum atomic E-state index is -0.414. The molecule has 7 heteroatoms. The first kappa shape index (κ1) is 19.8. The van der Waals surface area contributed by atoms with Gasteiger partial charge in [-0.15, -0.1) is 11.3 Å². The van der Waals surface area contributed by atoms with Crippen LogP contribution in [0.2, 0.25) is 0 Å². The minimum Gasteiger partial charge on any atom is -0.461 e. The van der Waals surface area contributed by atoms with E-state index >= 15 is 0 Å². The molecule has 0 radical (unpaired) electrons. The van der Waals surface area contributed by atoms with Crippen molar-refractivity contribution in [3.63, 3.8) is 0 Å². The molecule has 0 N–H and O–H groups in total. The summed E-state index contributed by atoms with van der Waals surface area (Å²) >= 11 is 1.41. The summed E-state index contributed by atoms with van der Waals surface area (Å²) < 4.78 is 20.2. The van der Waals surface area contributed by atoms with E-state index in [1.165, 1.54) is 34.4 Å². The van der Waals surface area contributed by atoms with Gasteiger partial charge in [-0.05, 0) is 56.2 Å². The third-order valence-corrected chi connectivity index (χ3v) is 6.56. The Hall–Kier alpha value is -2.54. The van der Waals surface area contributed by atoms with Crippen LogP contribution in [-0.4, -0.2) is 21.6 Å². The summed E-state index contributed by atoms with van der Waals surface area (Å²) in [5.41, 5.74) is 1.21. The SMILES string of the molecule is Cc1sc2ncn(CC(=O)OC3CCC(C)CC3)c(=O)c2c1-c1ccc(F)cc1. The fourth-order valence-electron chi connectivity index (χ4n) is 3.92. The van der Waals surface area contributed by atoms with Crippen LogP contribution in [0.15, 0.2) is 35.4 Å². The van der Waals surface area contributed by atoms with Crippen molar-refractivity contribution in [3.8, 4) is 11.1 Å². The average molecular weight is 415 g/mol. The first-order chi connectivity index (χ1) is 13.9. The summed E-state index contributed by atoms with van der Waals surface area (Å²) in [5.74, 6) is -0.0738. The quantitative estimate of drug-likeness (QED) is 0.581. The van der Waals surface area contributed by atoms with Crippen molar-refractivity contribution < 1.29 is 13.9 Å². The van der Waals surface area contributed by atoms with E-state index in [9.17, 15) is 14.0 Å². The van der Waals surface area contributed by atoms with E-state index in [0.29, 0.717) is 16.1 Å². The Morgan fingerprint density at radius 3 is 2.62 bits per heavy atom. The molecule has 0 aliphatic heterocycles. The molecule has 1 fully saturated rings. The zero-order valence-electron chi connectivity index (χ0n) is 16.5. The van der Waals surface area contributed by atoms with E-state index in [4.69, 9.17) is 4.74 Å². The van der Waals surface area contributed by atoms with E-state index in [1.54, 1.807) is 12.1 Å². The Bertz CT molecular complexity index is 1100. The number of hydrogen-bond acceptors (Lipinski definition) is 5. The first-order valence-electron chi connectivity index (χ1n) is 9.86. The molecule has 0 saturated heterocycles. The van der Waals surface area contributed by atoms with Gasteiger partial charge in [0.2, 0.25) is 0 Å². The fraction of sp³-hybridized carbons (Fsp3) is 0.409. The molecular weight excluding hydrogens is 391 g/mol. The maximum Gasteiger partial charge on any atom is 0.326 e. The minimum absolute atomic E-state index is 0.0655. The molecule has 1 aliphatic carbocycles. The smallest absolute Gasteiger partial charge is 0.326 e. The van der Waals surface area contributed by atoms with Gasteiger partial charge >= 0.3 is 5.97 Å². The lowest BCUT2D eigenvalue weighted by Crippen LogP contribution is -2.29. The van der Waals surface area contributed by atoms with Crippen molar-refractivity contribution in [2.24, 2.45) is 5.92 Å². The van der Waals surface area contributed by atoms with Gasteiger partial charge in [-0.3, -0.25) is 14.2 Å². The zero-order chi connectivity index (χ0) is 20.5. The van der Waals surface area contributed by atoms with Crippen LogP contribution in [0.1, 0.15) is 37.5 Å². The Kier molecular flexibility index (Phi) is 5.50. The van der Waals surface area contributed by atoms with Crippen molar-refractivity contribution >= 4 is 27.5 Å². The van der Waals surface area contributed by atoms with Crippen LogP contribution >= 0.6 is 11.3 Å². The Labute approximate surface area is 172 Å². The maximum absolute atomic E-state index is 13.3. The summed E-state index contributed by atoms with van der Waals surface area (Å²) in [4.78, 5) is 31.4. The van der Waals surface area contributed by atoms with Gasteiger partial charge < -0.3 is 4.74 Å². The van der Waals surface area contributed by atoms with Crippen LogP contribution in [-0.2, 0) is 16.1 Å². The van der Waals surface area contributed by atoms with Gasteiger partial charge in [0.05, 0.1) is 11.7 Å². The Morgan fingerprint density at radius 2 is 1.93 bits per heavy atom. The number of thiophene rings is 1. The second-order valence-corrected chi connectivity index (χ2v) is 8.97. The van der Waals surface area contributed by atoms with Crippen LogP contribution in [0.25, 0.3) is 21.3 Å². The second kappa shape index (κ2) is 8.06. The molecule has 152 valence electrons. The van der Waals surface area contributed by atoms with E-state index < -0.39 is 5.97 Å². The molecule has 5 nitrogen and oxygen atoms in total. The molecule has 1 saturated carbocycles. The summed E-state index contributed by atoms with van der Waals surface area (Å²) in [6.07, 6.45) is 5.19. The molecule has 29 heavy (non-hydrogen) atoms. The molecule has 0 amide bonds. The number of nitrogens with zero attached hydrogens (tertiary/aromatic N) is 2. The van der Waals surface area contributed by atoms with Crippen molar-refractivity contribution in [2.45, 2.75) is 52.2 Å². The number of carbonyl (C=O) groups excluding carboxylic acids is 1. The van der Waals surface area contributed by atoms with Crippen LogP contribution in [0, 0.1) is 18.7 Å². The number of benzene rings is 1. The lowest BCUT2D eigenvalue weighted by molar-refractivity contribution is -0.151. The number of esters is 1. The standard InChI is InChI=1S/C22H23FN2O3S/c1-13-3-9-17(10-4-13)28-18(26)11-25-12-24-21-20(22(25)27)19(14(2)29-21)15-5-7-16(23)8-6-15/h5-8,12-13,17H,3-4,9-11H2,1-2H3. The molecule has 1 aromatic carbocycles. The monoisotopic (exact) mass is 414 g/mol.